The average molecular weight is 267 g/mol. The Kier molecular flexibility index (Phi) is 2.73. The summed E-state index contributed by atoms with van der Waals surface area (Å²) in [7, 11) is 0. The monoisotopic (exact) mass is 266 g/mol. The standard InChI is InChI=1S/C12H8BrFO/c13-11-7-8(15)5-6-9(11)10-3-1-2-4-12(10)14/h1-7,15H. The van der Waals surface area contributed by atoms with E-state index in [4.69, 9.17) is 0 Å². The molecular weight excluding hydrogens is 259 g/mol. The topological polar surface area (TPSA) is 20.2 Å². The molecule has 0 amide bonds. The first-order valence-corrected chi connectivity index (χ1v) is 5.21. The normalized spacial score (nSPS) is 10.3. The zero-order valence-electron chi connectivity index (χ0n) is 7.74. The third kappa shape index (κ3) is 2.02. The van der Waals surface area contributed by atoms with Crippen LogP contribution in [0, 0.1) is 5.82 Å². The number of benzene rings is 2. The van der Waals surface area contributed by atoms with Crippen LogP contribution in [0.2, 0.25) is 0 Å². The van der Waals surface area contributed by atoms with Gasteiger partial charge in [0.2, 0.25) is 0 Å². The molecule has 0 atom stereocenters. The van der Waals surface area contributed by atoms with Gasteiger partial charge in [0.1, 0.15) is 11.6 Å². The summed E-state index contributed by atoms with van der Waals surface area (Å²) >= 11 is 3.29. The molecule has 0 bridgehead atoms. The van der Waals surface area contributed by atoms with E-state index in [9.17, 15) is 9.50 Å². The first kappa shape index (κ1) is 10.2. The molecule has 0 unspecified atom stereocenters. The average Bonchev–Trinajstić information content (AvgIpc) is 2.20. The highest BCUT2D eigenvalue weighted by Gasteiger charge is 2.07. The van der Waals surface area contributed by atoms with Crippen LogP contribution < -0.4 is 0 Å². The molecule has 1 N–H and O–H groups in total. The van der Waals surface area contributed by atoms with Crippen molar-refractivity contribution in [2.45, 2.75) is 0 Å². The van der Waals surface area contributed by atoms with Gasteiger partial charge >= 0.3 is 0 Å². The number of rotatable bonds is 1. The summed E-state index contributed by atoms with van der Waals surface area (Å²) in [5, 5.41) is 9.23. The Morgan fingerprint density at radius 3 is 2.40 bits per heavy atom. The van der Waals surface area contributed by atoms with Gasteiger partial charge in [-0.2, -0.15) is 0 Å². The molecule has 0 radical (unpaired) electrons. The van der Waals surface area contributed by atoms with Crippen molar-refractivity contribution in [1.82, 2.24) is 0 Å². The lowest BCUT2D eigenvalue weighted by molar-refractivity contribution is 0.475. The largest absolute Gasteiger partial charge is 0.508 e. The fourth-order valence-corrected chi connectivity index (χ4v) is 1.98. The van der Waals surface area contributed by atoms with Gasteiger partial charge in [-0.15, -0.1) is 0 Å². The van der Waals surface area contributed by atoms with Crippen LogP contribution in [-0.4, -0.2) is 5.11 Å². The maximum absolute atomic E-state index is 13.5. The number of halogens is 2. The zero-order chi connectivity index (χ0) is 10.8. The first-order valence-electron chi connectivity index (χ1n) is 4.42. The minimum Gasteiger partial charge on any atom is -0.508 e. The fraction of sp³-hybridized carbons (Fsp3) is 0. The Balaban J connectivity index is 2.60. The minimum absolute atomic E-state index is 0.155. The van der Waals surface area contributed by atoms with E-state index in [1.165, 1.54) is 12.1 Å². The highest BCUT2D eigenvalue weighted by Crippen LogP contribution is 2.32. The van der Waals surface area contributed by atoms with E-state index in [2.05, 4.69) is 15.9 Å². The Morgan fingerprint density at radius 1 is 1.00 bits per heavy atom. The summed E-state index contributed by atoms with van der Waals surface area (Å²) < 4.78 is 14.1. The first-order chi connectivity index (χ1) is 7.18. The Hall–Kier alpha value is -1.35. The van der Waals surface area contributed by atoms with Gasteiger partial charge in [0.05, 0.1) is 0 Å². The second-order valence-electron chi connectivity index (χ2n) is 3.14. The molecule has 0 aliphatic rings. The Labute approximate surface area is 95.3 Å². The summed E-state index contributed by atoms with van der Waals surface area (Å²) in [5.74, 6) is -0.120. The summed E-state index contributed by atoms with van der Waals surface area (Å²) in [5.41, 5.74) is 1.25. The molecule has 15 heavy (non-hydrogen) atoms. The van der Waals surface area contributed by atoms with Crippen molar-refractivity contribution in [3.8, 4) is 16.9 Å². The highest BCUT2D eigenvalue weighted by atomic mass is 79.9. The molecule has 0 aliphatic carbocycles. The van der Waals surface area contributed by atoms with Crippen molar-refractivity contribution in [2.24, 2.45) is 0 Å². The van der Waals surface area contributed by atoms with E-state index in [0.717, 1.165) is 5.56 Å². The van der Waals surface area contributed by atoms with Gasteiger partial charge in [-0.25, -0.2) is 4.39 Å². The van der Waals surface area contributed by atoms with Gasteiger partial charge in [0.15, 0.2) is 0 Å². The fourth-order valence-electron chi connectivity index (χ4n) is 1.40. The van der Waals surface area contributed by atoms with Gasteiger partial charge in [-0.05, 0) is 29.8 Å². The third-order valence-electron chi connectivity index (χ3n) is 2.12. The van der Waals surface area contributed by atoms with Crippen molar-refractivity contribution in [1.29, 1.82) is 0 Å². The van der Waals surface area contributed by atoms with E-state index >= 15 is 0 Å². The van der Waals surface area contributed by atoms with Crippen LogP contribution in [0.3, 0.4) is 0 Å². The predicted molar refractivity (Wildman–Crippen MR) is 61.2 cm³/mol. The Morgan fingerprint density at radius 2 is 1.73 bits per heavy atom. The maximum Gasteiger partial charge on any atom is 0.131 e. The van der Waals surface area contributed by atoms with Gasteiger partial charge < -0.3 is 5.11 Å². The van der Waals surface area contributed by atoms with Crippen molar-refractivity contribution in [3.63, 3.8) is 0 Å². The molecule has 0 aromatic heterocycles. The van der Waals surface area contributed by atoms with E-state index in [-0.39, 0.29) is 11.6 Å². The molecular formula is C12H8BrFO. The molecule has 0 aliphatic heterocycles. The van der Waals surface area contributed by atoms with Crippen LogP contribution in [0.5, 0.6) is 5.75 Å². The maximum atomic E-state index is 13.5. The Bertz CT molecular complexity index is 497. The summed E-state index contributed by atoms with van der Waals surface area (Å²) in [4.78, 5) is 0. The molecule has 2 aromatic carbocycles. The summed E-state index contributed by atoms with van der Waals surface area (Å²) in [6.07, 6.45) is 0. The zero-order valence-corrected chi connectivity index (χ0v) is 9.33. The van der Waals surface area contributed by atoms with Gasteiger partial charge in [-0.1, -0.05) is 34.1 Å². The second kappa shape index (κ2) is 4.03. The number of aromatic hydroxyl groups is 1. The van der Waals surface area contributed by atoms with E-state index in [0.29, 0.717) is 10.0 Å². The predicted octanol–water partition coefficient (Wildman–Crippen LogP) is 3.96. The van der Waals surface area contributed by atoms with Gasteiger partial charge in [-0.3, -0.25) is 0 Å². The lowest BCUT2D eigenvalue weighted by Gasteiger charge is -2.06. The minimum atomic E-state index is -0.274. The molecule has 76 valence electrons. The lowest BCUT2D eigenvalue weighted by atomic mass is 10.1. The van der Waals surface area contributed by atoms with Crippen LogP contribution in [0.15, 0.2) is 46.9 Å². The molecule has 2 aromatic rings. The van der Waals surface area contributed by atoms with Crippen molar-refractivity contribution >= 4 is 15.9 Å². The third-order valence-corrected chi connectivity index (χ3v) is 2.77. The lowest BCUT2D eigenvalue weighted by Crippen LogP contribution is -1.84. The van der Waals surface area contributed by atoms with Crippen LogP contribution >= 0.6 is 15.9 Å². The van der Waals surface area contributed by atoms with E-state index in [1.54, 1.807) is 30.3 Å². The van der Waals surface area contributed by atoms with Crippen LogP contribution in [0.25, 0.3) is 11.1 Å². The van der Waals surface area contributed by atoms with E-state index < -0.39 is 0 Å². The van der Waals surface area contributed by atoms with Crippen LogP contribution in [0.4, 0.5) is 4.39 Å². The molecule has 0 heterocycles. The molecule has 3 heteroatoms. The van der Waals surface area contributed by atoms with Crippen LogP contribution in [0.1, 0.15) is 0 Å². The quantitative estimate of drug-likeness (QED) is 0.829. The van der Waals surface area contributed by atoms with Crippen molar-refractivity contribution < 1.29 is 9.50 Å². The number of hydrogen-bond donors (Lipinski definition) is 1. The SMILES string of the molecule is Oc1ccc(-c2ccccc2F)c(Br)c1. The number of phenolic OH excluding ortho intramolecular Hbond substituents is 1. The second-order valence-corrected chi connectivity index (χ2v) is 4.00. The van der Waals surface area contributed by atoms with Crippen LogP contribution in [-0.2, 0) is 0 Å². The number of hydrogen-bond acceptors (Lipinski definition) is 1. The van der Waals surface area contributed by atoms with Crippen molar-refractivity contribution in [3.05, 3.63) is 52.8 Å². The van der Waals surface area contributed by atoms with E-state index in [1.807, 2.05) is 0 Å². The molecule has 0 spiro atoms. The molecule has 0 saturated heterocycles. The summed E-state index contributed by atoms with van der Waals surface area (Å²) in [6, 6.07) is 11.3. The smallest absolute Gasteiger partial charge is 0.131 e. The van der Waals surface area contributed by atoms with Crippen molar-refractivity contribution in [2.75, 3.05) is 0 Å². The van der Waals surface area contributed by atoms with Gasteiger partial charge in [0.25, 0.3) is 0 Å². The molecule has 0 saturated carbocycles. The summed E-state index contributed by atoms with van der Waals surface area (Å²) in [6.45, 7) is 0. The number of phenols is 1. The molecule has 2 rings (SSSR count). The molecule has 0 fully saturated rings. The highest BCUT2D eigenvalue weighted by molar-refractivity contribution is 9.10. The van der Waals surface area contributed by atoms with Gasteiger partial charge in [0, 0.05) is 10.0 Å². The molecule has 1 nitrogen and oxygen atoms in total.